The Bertz CT molecular complexity index is 611. The van der Waals surface area contributed by atoms with Gasteiger partial charge in [0.25, 0.3) is 0 Å². The van der Waals surface area contributed by atoms with Gasteiger partial charge in [0.2, 0.25) is 5.91 Å². The summed E-state index contributed by atoms with van der Waals surface area (Å²) in [4.78, 5) is 12.2. The van der Waals surface area contributed by atoms with E-state index in [-0.39, 0.29) is 5.75 Å². The maximum Gasteiger partial charge on any atom is 0.242 e. The van der Waals surface area contributed by atoms with Gasteiger partial charge in [-0.15, -0.1) is 0 Å². The van der Waals surface area contributed by atoms with Crippen molar-refractivity contribution < 1.29 is 13.2 Å². The lowest BCUT2D eigenvalue weighted by molar-refractivity contribution is -0.116. The predicted octanol–water partition coefficient (Wildman–Crippen LogP) is 1.36. The van der Waals surface area contributed by atoms with E-state index < -0.39 is 21.0 Å². The number of amides is 1. The van der Waals surface area contributed by atoms with E-state index in [0.717, 1.165) is 17.5 Å². The van der Waals surface area contributed by atoms with Crippen molar-refractivity contribution in [2.24, 2.45) is 5.73 Å². The molecule has 5 nitrogen and oxygen atoms in total. The average molecular weight is 296 g/mol. The molecule has 0 spiro atoms. The standard InChI is InChI=1S/C14H20N2O3S/c1-10-5-6-11(9-15)8-12(10)16-14(17)13-4-2-3-7-20(13,18)19/h5-6,8,13H,2-4,7,9,15H2,1H3,(H,16,17). The first-order chi connectivity index (χ1) is 9.44. The molecule has 1 aromatic carbocycles. The molecule has 0 bridgehead atoms. The van der Waals surface area contributed by atoms with Gasteiger partial charge in [0, 0.05) is 12.2 Å². The second-order valence-corrected chi connectivity index (χ2v) is 7.50. The summed E-state index contributed by atoms with van der Waals surface area (Å²) in [6.07, 6.45) is 1.83. The molecule has 1 atom stereocenters. The Kier molecular flexibility index (Phi) is 4.45. The van der Waals surface area contributed by atoms with Gasteiger partial charge in [0.1, 0.15) is 5.25 Å². The van der Waals surface area contributed by atoms with Gasteiger partial charge in [-0.05, 0) is 37.0 Å². The topological polar surface area (TPSA) is 89.3 Å². The number of benzene rings is 1. The van der Waals surface area contributed by atoms with Crippen LogP contribution in [0, 0.1) is 6.92 Å². The van der Waals surface area contributed by atoms with Crippen molar-refractivity contribution in [1.29, 1.82) is 0 Å². The van der Waals surface area contributed by atoms with Crippen molar-refractivity contribution in [3.8, 4) is 0 Å². The first kappa shape index (κ1) is 15.0. The van der Waals surface area contributed by atoms with Crippen LogP contribution in [0.5, 0.6) is 0 Å². The van der Waals surface area contributed by atoms with Crippen molar-refractivity contribution in [3.63, 3.8) is 0 Å². The smallest absolute Gasteiger partial charge is 0.242 e. The number of carbonyl (C=O) groups excluding carboxylic acids is 1. The Morgan fingerprint density at radius 3 is 2.80 bits per heavy atom. The number of carbonyl (C=O) groups is 1. The van der Waals surface area contributed by atoms with Gasteiger partial charge in [-0.1, -0.05) is 18.6 Å². The first-order valence-corrected chi connectivity index (χ1v) is 8.47. The molecule has 0 radical (unpaired) electrons. The molecule has 2 rings (SSSR count). The zero-order valence-corrected chi connectivity index (χ0v) is 12.4. The van der Waals surface area contributed by atoms with E-state index in [2.05, 4.69) is 5.32 Å². The monoisotopic (exact) mass is 296 g/mol. The molecule has 1 aromatic rings. The Morgan fingerprint density at radius 1 is 1.40 bits per heavy atom. The maximum atomic E-state index is 12.2. The maximum absolute atomic E-state index is 12.2. The van der Waals surface area contributed by atoms with Crippen LogP contribution in [0.1, 0.15) is 30.4 Å². The summed E-state index contributed by atoms with van der Waals surface area (Å²) in [6.45, 7) is 2.25. The number of hydrogen-bond donors (Lipinski definition) is 2. The number of nitrogens with two attached hydrogens (primary N) is 1. The molecule has 1 aliphatic rings. The highest BCUT2D eigenvalue weighted by Crippen LogP contribution is 2.23. The number of anilines is 1. The normalized spacial score (nSPS) is 21.4. The highest BCUT2D eigenvalue weighted by molar-refractivity contribution is 7.92. The number of rotatable bonds is 3. The Balaban J connectivity index is 2.19. The van der Waals surface area contributed by atoms with Crippen LogP contribution in [0.25, 0.3) is 0 Å². The zero-order chi connectivity index (χ0) is 14.8. The van der Waals surface area contributed by atoms with Crippen molar-refractivity contribution in [1.82, 2.24) is 0 Å². The van der Waals surface area contributed by atoms with Crippen LogP contribution >= 0.6 is 0 Å². The molecule has 20 heavy (non-hydrogen) atoms. The predicted molar refractivity (Wildman–Crippen MR) is 79.1 cm³/mol. The van der Waals surface area contributed by atoms with Crippen LogP contribution in [0.15, 0.2) is 18.2 Å². The molecular formula is C14H20N2O3S. The fraction of sp³-hybridized carbons (Fsp3) is 0.500. The fourth-order valence-corrected chi connectivity index (χ4v) is 4.19. The molecule has 1 unspecified atom stereocenters. The highest BCUT2D eigenvalue weighted by Gasteiger charge is 2.34. The van der Waals surface area contributed by atoms with Gasteiger partial charge in [-0.25, -0.2) is 8.42 Å². The number of sulfone groups is 1. The SMILES string of the molecule is Cc1ccc(CN)cc1NC(=O)C1CCCCS1(=O)=O. The van der Waals surface area contributed by atoms with Crippen LogP contribution in [0.4, 0.5) is 5.69 Å². The van der Waals surface area contributed by atoms with Gasteiger partial charge >= 0.3 is 0 Å². The Morgan fingerprint density at radius 2 is 2.15 bits per heavy atom. The second-order valence-electron chi connectivity index (χ2n) is 5.19. The van der Waals surface area contributed by atoms with Gasteiger partial charge in [-0.2, -0.15) is 0 Å². The third kappa shape index (κ3) is 3.19. The zero-order valence-electron chi connectivity index (χ0n) is 11.6. The molecule has 1 heterocycles. The van der Waals surface area contributed by atoms with Crippen LogP contribution in [0.3, 0.4) is 0 Å². The van der Waals surface area contributed by atoms with Gasteiger partial charge in [0.15, 0.2) is 9.84 Å². The van der Waals surface area contributed by atoms with Gasteiger partial charge in [0.05, 0.1) is 5.75 Å². The van der Waals surface area contributed by atoms with Crippen molar-refractivity contribution in [3.05, 3.63) is 29.3 Å². The van der Waals surface area contributed by atoms with Crippen molar-refractivity contribution in [2.45, 2.75) is 38.0 Å². The Labute approximate surface area is 119 Å². The van der Waals surface area contributed by atoms with Crippen LogP contribution in [-0.2, 0) is 21.2 Å². The molecule has 0 aromatic heterocycles. The molecule has 0 aliphatic carbocycles. The van der Waals surface area contributed by atoms with E-state index in [1.54, 1.807) is 6.07 Å². The molecule has 1 amide bonds. The molecule has 3 N–H and O–H groups in total. The van der Waals surface area contributed by atoms with E-state index >= 15 is 0 Å². The van der Waals surface area contributed by atoms with Crippen LogP contribution < -0.4 is 11.1 Å². The van der Waals surface area contributed by atoms with E-state index in [4.69, 9.17) is 5.73 Å². The molecule has 0 saturated carbocycles. The van der Waals surface area contributed by atoms with Crippen LogP contribution in [-0.4, -0.2) is 25.3 Å². The minimum Gasteiger partial charge on any atom is -0.326 e. The van der Waals surface area contributed by atoms with Crippen molar-refractivity contribution >= 4 is 21.4 Å². The van der Waals surface area contributed by atoms with Crippen molar-refractivity contribution in [2.75, 3.05) is 11.1 Å². The molecule has 1 fully saturated rings. The summed E-state index contributed by atoms with van der Waals surface area (Å²) in [6, 6.07) is 5.55. The molecule has 1 saturated heterocycles. The number of aryl methyl sites for hydroxylation is 1. The molecule has 110 valence electrons. The minimum atomic E-state index is -3.31. The third-order valence-corrected chi connectivity index (χ3v) is 5.84. The third-order valence-electron chi connectivity index (χ3n) is 3.67. The molecule has 1 aliphatic heterocycles. The minimum absolute atomic E-state index is 0.104. The lowest BCUT2D eigenvalue weighted by atomic mass is 10.1. The summed E-state index contributed by atoms with van der Waals surface area (Å²) in [5.74, 6) is -0.325. The average Bonchev–Trinajstić information content (AvgIpc) is 2.40. The van der Waals surface area contributed by atoms with Crippen LogP contribution in [0.2, 0.25) is 0 Å². The summed E-state index contributed by atoms with van der Waals surface area (Å²) in [7, 11) is -3.31. The van der Waals surface area contributed by atoms with Gasteiger partial charge < -0.3 is 11.1 Å². The fourth-order valence-electron chi connectivity index (χ4n) is 2.39. The number of nitrogens with one attached hydrogen (secondary N) is 1. The molecular weight excluding hydrogens is 276 g/mol. The second kappa shape index (κ2) is 5.93. The largest absolute Gasteiger partial charge is 0.326 e. The summed E-state index contributed by atoms with van der Waals surface area (Å²) < 4.78 is 23.9. The van der Waals surface area contributed by atoms with E-state index in [1.165, 1.54) is 0 Å². The quantitative estimate of drug-likeness (QED) is 0.881. The highest BCUT2D eigenvalue weighted by atomic mass is 32.2. The summed E-state index contributed by atoms with van der Waals surface area (Å²) in [5.41, 5.74) is 8.01. The van der Waals surface area contributed by atoms with E-state index in [9.17, 15) is 13.2 Å². The first-order valence-electron chi connectivity index (χ1n) is 6.76. The Hall–Kier alpha value is -1.40. The van der Waals surface area contributed by atoms with E-state index in [1.807, 2.05) is 19.1 Å². The van der Waals surface area contributed by atoms with Gasteiger partial charge in [-0.3, -0.25) is 4.79 Å². The lowest BCUT2D eigenvalue weighted by Gasteiger charge is -2.22. The van der Waals surface area contributed by atoms with E-state index in [0.29, 0.717) is 25.1 Å². The summed E-state index contributed by atoms with van der Waals surface area (Å²) >= 11 is 0. The summed E-state index contributed by atoms with van der Waals surface area (Å²) in [5, 5.41) is 1.82. The number of hydrogen-bond acceptors (Lipinski definition) is 4. The molecule has 6 heteroatoms. The lowest BCUT2D eigenvalue weighted by Crippen LogP contribution is -2.39.